The van der Waals surface area contributed by atoms with Gasteiger partial charge in [-0.2, -0.15) is 13.2 Å². The number of aliphatic imine (C=N–C) groups is 2. The number of thiol groups is 1. The summed E-state index contributed by atoms with van der Waals surface area (Å²) in [7, 11) is -2.28. The molecule has 1 aromatic rings. The smallest absolute Gasteiger partial charge is 0.430 e. The summed E-state index contributed by atoms with van der Waals surface area (Å²) in [4.78, 5) is 19.8. The molecule has 0 spiro atoms. The highest BCUT2D eigenvalue weighted by Gasteiger charge is 2.32. The zero-order valence-electron chi connectivity index (χ0n) is 18.1. The molecule has 0 amide bonds. The van der Waals surface area contributed by atoms with E-state index < -0.39 is 34.2 Å². The summed E-state index contributed by atoms with van der Waals surface area (Å²) in [6.07, 6.45) is -1.50. The number of rotatable bonds is 9. The van der Waals surface area contributed by atoms with Crippen molar-refractivity contribution in [3.63, 3.8) is 0 Å². The van der Waals surface area contributed by atoms with E-state index in [0.29, 0.717) is 12.5 Å². The lowest BCUT2D eigenvalue weighted by molar-refractivity contribution is -0.139. The number of sulfone groups is 1. The molecule has 0 saturated heterocycles. The molecule has 0 atom stereocenters. The van der Waals surface area contributed by atoms with Crippen LogP contribution in [0.2, 0.25) is 0 Å². The molecule has 0 aromatic heterocycles. The Kier molecular flexibility index (Phi) is 10.6. The monoisotopic (exact) mass is 507 g/mol. The Morgan fingerprint density at radius 2 is 1.97 bits per heavy atom. The molecule has 2 N–H and O–H groups in total. The zero-order valence-corrected chi connectivity index (χ0v) is 19.8. The first-order valence-corrected chi connectivity index (χ1v) is 11.8. The molecule has 0 saturated carbocycles. The van der Waals surface area contributed by atoms with Crippen molar-refractivity contribution in [3.05, 3.63) is 53.4 Å². The highest BCUT2D eigenvalue weighted by Crippen LogP contribution is 2.23. The van der Waals surface area contributed by atoms with Crippen LogP contribution in [0.4, 0.5) is 13.2 Å². The summed E-state index contributed by atoms with van der Waals surface area (Å²) in [5.74, 6) is -1.15. The summed E-state index contributed by atoms with van der Waals surface area (Å²) < 4.78 is 72.7. The molecule has 13 heteroatoms. The molecule has 0 bridgehead atoms. The van der Waals surface area contributed by atoms with Crippen LogP contribution in [0, 0.1) is 0 Å². The number of carbonyl (C=O) groups is 1. The minimum absolute atomic E-state index is 0.00428. The summed E-state index contributed by atoms with van der Waals surface area (Å²) in [5, 5.41) is 0. The molecule has 0 fully saturated rings. The van der Waals surface area contributed by atoms with Gasteiger partial charge in [-0.15, -0.1) is 12.6 Å². The molecule has 0 unspecified atom stereocenters. The van der Waals surface area contributed by atoms with E-state index in [-0.39, 0.29) is 33.7 Å². The third-order valence-corrected chi connectivity index (χ3v) is 5.05. The minimum Gasteiger partial charge on any atom is -0.481 e. The average molecular weight is 508 g/mol. The van der Waals surface area contributed by atoms with Crippen molar-refractivity contribution in [3.8, 4) is 0 Å². The number of benzene rings is 1. The van der Waals surface area contributed by atoms with Crippen molar-refractivity contribution in [1.82, 2.24) is 0 Å². The Morgan fingerprint density at radius 1 is 1.30 bits per heavy atom. The maximum absolute atomic E-state index is 13.0. The van der Waals surface area contributed by atoms with Crippen LogP contribution in [0.25, 0.3) is 0 Å². The van der Waals surface area contributed by atoms with Crippen molar-refractivity contribution in [2.24, 2.45) is 15.7 Å². The van der Waals surface area contributed by atoms with Crippen molar-refractivity contribution in [1.29, 1.82) is 0 Å². The number of esters is 1. The molecule has 0 radical (unpaired) electrons. The van der Waals surface area contributed by atoms with E-state index >= 15 is 0 Å². The molecular formula is C20H24F3N3O5S2. The lowest BCUT2D eigenvalue weighted by atomic mass is 10.1. The minimum atomic E-state index is -4.85. The molecule has 0 aliphatic heterocycles. The van der Waals surface area contributed by atoms with Crippen molar-refractivity contribution in [2.45, 2.75) is 24.4 Å². The third-order valence-electron chi connectivity index (χ3n) is 3.81. The number of nitrogens with two attached hydrogens (primary N) is 1. The molecule has 0 heterocycles. The molecular weight excluding hydrogens is 483 g/mol. The summed E-state index contributed by atoms with van der Waals surface area (Å²) >= 11 is 3.73. The SMILES string of the molecule is CC/C=C(\N=C(OC)c1cccc(S(C)(=O)=O)c1)C(C=C(N)C(F)(F)F)=NCC(=O)OCS. The van der Waals surface area contributed by atoms with Gasteiger partial charge in [-0.05, 0) is 30.7 Å². The Labute approximate surface area is 195 Å². The molecule has 0 aliphatic rings. The lowest BCUT2D eigenvalue weighted by Gasteiger charge is -2.11. The van der Waals surface area contributed by atoms with E-state index in [1.54, 1.807) is 6.92 Å². The second kappa shape index (κ2) is 12.4. The largest absolute Gasteiger partial charge is 0.481 e. The van der Waals surface area contributed by atoms with E-state index in [2.05, 4.69) is 27.4 Å². The number of halogens is 3. The van der Waals surface area contributed by atoms with Crippen LogP contribution in [0.15, 0.2) is 62.7 Å². The van der Waals surface area contributed by atoms with Gasteiger partial charge in [0, 0.05) is 11.8 Å². The Morgan fingerprint density at radius 3 is 2.48 bits per heavy atom. The molecule has 1 aromatic carbocycles. The van der Waals surface area contributed by atoms with E-state index in [4.69, 9.17) is 10.5 Å². The van der Waals surface area contributed by atoms with Gasteiger partial charge in [0.2, 0.25) is 5.90 Å². The van der Waals surface area contributed by atoms with E-state index in [1.807, 2.05) is 0 Å². The predicted octanol–water partition coefficient (Wildman–Crippen LogP) is 3.05. The van der Waals surface area contributed by atoms with Gasteiger partial charge in [0.25, 0.3) is 0 Å². The number of allylic oxidation sites excluding steroid dienone is 3. The number of carbonyl (C=O) groups excluding carboxylic acids is 1. The van der Waals surface area contributed by atoms with Crippen LogP contribution < -0.4 is 5.73 Å². The Balaban J connectivity index is 3.62. The Bertz CT molecular complexity index is 1080. The van der Waals surface area contributed by atoms with Gasteiger partial charge in [-0.1, -0.05) is 19.1 Å². The van der Waals surface area contributed by atoms with Gasteiger partial charge in [-0.3, -0.25) is 9.79 Å². The molecule has 33 heavy (non-hydrogen) atoms. The first-order valence-electron chi connectivity index (χ1n) is 9.32. The fourth-order valence-electron chi connectivity index (χ4n) is 2.30. The topological polar surface area (TPSA) is 120 Å². The second-order valence-corrected chi connectivity index (χ2v) is 8.64. The van der Waals surface area contributed by atoms with Gasteiger partial charge >= 0.3 is 12.1 Å². The van der Waals surface area contributed by atoms with Crippen LogP contribution in [0.1, 0.15) is 18.9 Å². The van der Waals surface area contributed by atoms with Crippen molar-refractivity contribution < 1.29 is 35.9 Å². The van der Waals surface area contributed by atoms with Crippen LogP contribution in [-0.4, -0.2) is 58.0 Å². The van der Waals surface area contributed by atoms with Crippen molar-refractivity contribution in [2.75, 3.05) is 25.8 Å². The molecule has 1 rings (SSSR count). The highest BCUT2D eigenvalue weighted by atomic mass is 32.2. The summed E-state index contributed by atoms with van der Waals surface area (Å²) in [6.45, 7) is 1.09. The normalized spacial score (nSPS) is 14.3. The standard InChI is InChI=1S/C20H24F3N3O5S2/c1-4-6-15(16(10-17(24)20(21,22)23)25-11-18(27)31-12-32)26-19(30-2)13-7-5-8-14(9-13)33(3,28)29/h5-10,32H,4,11-12,24H2,1-3H3/b15-6-,17-10?,25-16?,26-19?. The zero-order chi connectivity index (χ0) is 25.2. The fourth-order valence-corrected chi connectivity index (χ4v) is 3.11. The van der Waals surface area contributed by atoms with Gasteiger partial charge in [-0.25, -0.2) is 13.4 Å². The van der Waals surface area contributed by atoms with E-state index in [0.717, 1.165) is 6.26 Å². The van der Waals surface area contributed by atoms with Crippen LogP contribution in [0.3, 0.4) is 0 Å². The number of methoxy groups -OCH3 is 1. The van der Waals surface area contributed by atoms with E-state index in [9.17, 15) is 26.4 Å². The van der Waals surface area contributed by atoms with Crippen LogP contribution in [0.5, 0.6) is 0 Å². The number of hydrogen-bond acceptors (Lipinski definition) is 9. The van der Waals surface area contributed by atoms with Gasteiger partial charge in [0.15, 0.2) is 9.84 Å². The average Bonchev–Trinajstić information content (AvgIpc) is 2.73. The number of hydrogen-bond donors (Lipinski definition) is 2. The number of alkyl halides is 3. The lowest BCUT2D eigenvalue weighted by Crippen LogP contribution is -2.21. The first kappa shape index (κ1) is 28.2. The van der Waals surface area contributed by atoms with Gasteiger partial charge < -0.3 is 15.2 Å². The first-order chi connectivity index (χ1) is 15.3. The predicted molar refractivity (Wildman–Crippen MR) is 122 cm³/mol. The van der Waals surface area contributed by atoms with E-state index in [1.165, 1.54) is 37.5 Å². The second-order valence-electron chi connectivity index (χ2n) is 6.36. The van der Waals surface area contributed by atoms with Crippen LogP contribution >= 0.6 is 12.6 Å². The van der Waals surface area contributed by atoms with Crippen molar-refractivity contribution >= 4 is 40.0 Å². The third kappa shape index (κ3) is 9.30. The maximum Gasteiger partial charge on any atom is 0.430 e. The fraction of sp³-hybridized carbons (Fsp3) is 0.350. The molecule has 182 valence electrons. The number of ether oxygens (including phenoxy) is 2. The van der Waals surface area contributed by atoms with Crippen LogP contribution in [-0.2, 0) is 24.1 Å². The molecule has 0 aliphatic carbocycles. The number of nitrogens with zero attached hydrogens (tertiary/aromatic N) is 2. The summed E-state index contributed by atoms with van der Waals surface area (Å²) in [6, 6.07) is 5.67. The Hall–Kier alpha value is -2.80. The van der Waals surface area contributed by atoms with Gasteiger partial charge in [0.05, 0.1) is 23.4 Å². The highest BCUT2D eigenvalue weighted by molar-refractivity contribution is 7.90. The van der Waals surface area contributed by atoms with Gasteiger partial charge in [0.1, 0.15) is 18.2 Å². The molecule has 8 nitrogen and oxygen atoms in total. The maximum atomic E-state index is 13.0. The summed E-state index contributed by atoms with van der Waals surface area (Å²) in [5.41, 5.74) is 3.51. The quantitative estimate of drug-likeness (QED) is 0.174.